The van der Waals surface area contributed by atoms with Gasteiger partial charge >= 0.3 is 0 Å². The van der Waals surface area contributed by atoms with Crippen LogP contribution in [0.15, 0.2) is 23.4 Å². The lowest BCUT2D eigenvalue weighted by molar-refractivity contribution is 0.102. The van der Waals surface area contributed by atoms with E-state index in [1.54, 1.807) is 0 Å². The molecule has 0 radical (unpaired) electrons. The Morgan fingerprint density at radius 2 is 1.37 bits per heavy atom. The minimum Gasteiger partial charge on any atom is -0.507 e. The van der Waals surface area contributed by atoms with Crippen molar-refractivity contribution in [2.24, 2.45) is 0 Å². The number of nitrogens with zero attached hydrogens (tertiary/aromatic N) is 2. The maximum Gasteiger partial charge on any atom is 0.188 e. The van der Waals surface area contributed by atoms with Gasteiger partial charge in [-0.2, -0.15) is 0 Å². The lowest BCUT2D eigenvalue weighted by atomic mass is 9.78. The van der Waals surface area contributed by atoms with Crippen molar-refractivity contribution in [2.75, 3.05) is 5.75 Å². The molecule has 0 saturated heterocycles. The van der Waals surface area contributed by atoms with Gasteiger partial charge in [0.2, 0.25) is 0 Å². The highest BCUT2D eigenvalue weighted by Crippen LogP contribution is 2.40. The van der Waals surface area contributed by atoms with Crippen LogP contribution in [0.25, 0.3) is 0 Å². The van der Waals surface area contributed by atoms with Gasteiger partial charge in [-0.25, -0.2) is 9.97 Å². The van der Waals surface area contributed by atoms with Gasteiger partial charge in [-0.15, -0.1) is 0 Å². The highest BCUT2D eigenvalue weighted by Gasteiger charge is 2.27. The summed E-state index contributed by atoms with van der Waals surface area (Å²) in [4.78, 5) is 21.7. The van der Waals surface area contributed by atoms with Gasteiger partial charge in [0.05, 0.1) is 5.75 Å². The number of carbonyl (C=O) groups is 1. The SMILES string of the molecule is Cc1cc(C)nc(SCC(=O)c2cc(C(C)(C)C)c(O)c(C(C)(C)C)c2)n1. The third-order valence-electron chi connectivity index (χ3n) is 4.34. The van der Waals surface area contributed by atoms with Gasteiger partial charge in [0.15, 0.2) is 10.9 Å². The average molecular weight is 387 g/mol. The maximum atomic E-state index is 12.9. The molecule has 0 aliphatic carbocycles. The molecule has 0 amide bonds. The van der Waals surface area contributed by atoms with Crippen molar-refractivity contribution >= 4 is 17.5 Å². The van der Waals surface area contributed by atoms with E-state index in [0.29, 0.717) is 10.7 Å². The van der Waals surface area contributed by atoms with Crippen molar-refractivity contribution in [3.63, 3.8) is 0 Å². The highest BCUT2D eigenvalue weighted by molar-refractivity contribution is 7.99. The topological polar surface area (TPSA) is 63.1 Å². The van der Waals surface area contributed by atoms with Crippen LogP contribution in [0.4, 0.5) is 0 Å². The summed E-state index contributed by atoms with van der Waals surface area (Å²) in [5, 5.41) is 11.4. The molecule has 0 saturated carbocycles. The normalized spacial score (nSPS) is 12.3. The van der Waals surface area contributed by atoms with Crippen molar-refractivity contribution in [2.45, 2.75) is 71.4 Å². The third-order valence-corrected chi connectivity index (χ3v) is 5.19. The molecule has 2 rings (SSSR count). The van der Waals surface area contributed by atoms with Gasteiger partial charge in [-0.05, 0) is 42.9 Å². The standard InChI is InChI=1S/C22H30N2O2S/c1-13-9-14(2)24-20(23-13)27-12-18(25)15-10-16(21(3,4)5)19(26)17(11-15)22(6,7)8/h9-11,26H,12H2,1-8H3. The molecule has 2 aromatic rings. The first-order valence-corrected chi connectivity index (χ1v) is 10.1. The Balaban J connectivity index is 2.37. The van der Waals surface area contributed by atoms with Crippen molar-refractivity contribution in [3.8, 4) is 5.75 Å². The molecule has 146 valence electrons. The summed E-state index contributed by atoms with van der Waals surface area (Å²) in [6.45, 7) is 16.1. The lowest BCUT2D eigenvalue weighted by Crippen LogP contribution is -2.19. The molecule has 1 heterocycles. The van der Waals surface area contributed by atoms with Crippen LogP contribution >= 0.6 is 11.8 Å². The van der Waals surface area contributed by atoms with Gasteiger partial charge < -0.3 is 5.11 Å². The van der Waals surface area contributed by atoms with E-state index < -0.39 is 0 Å². The Labute approximate surface area is 166 Å². The quantitative estimate of drug-likeness (QED) is 0.435. The summed E-state index contributed by atoms with van der Waals surface area (Å²) in [6, 6.07) is 5.57. The second-order valence-electron chi connectivity index (χ2n) is 9.07. The van der Waals surface area contributed by atoms with Crippen LogP contribution in [0.1, 0.15) is 74.4 Å². The van der Waals surface area contributed by atoms with Gasteiger partial charge in [0.25, 0.3) is 0 Å². The third kappa shape index (κ3) is 5.32. The number of thioether (sulfide) groups is 1. The van der Waals surface area contributed by atoms with Crippen LogP contribution in [-0.4, -0.2) is 26.6 Å². The van der Waals surface area contributed by atoms with Gasteiger partial charge in [-0.1, -0.05) is 53.3 Å². The molecule has 0 bridgehead atoms. The molecule has 0 unspecified atom stereocenters. The number of phenols is 1. The summed E-state index contributed by atoms with van der Waals surface area (Å²) in [5.74, 6) is 0.566. The number of aromatic nitrogens is 2. The fourth-order valence-corrected chi connectivity index (χ4v) is 3.75. The van der Waals surface area contributed by atoms with Crippen molar-refractivity contribution in [1.29, 1.82) is 0 Å². The van der Waals surface area contributed by atoms with Crippen molar-refractivity contribution in [3.05, 3.63) is 46.3 Å². The summed E-state index contributed by atoms with van der Waals surface area (Å²) in [7, 11) is 0. The molecule has 27 heavy (non-hydrogen) atoms. The van der Waals surface area contributed by atoms with Crippen LogP contribution in [-0.2, 0) is 10.8 Å². The van der Waals surface area contributed by atoms with Crippen LogP contribution in [0.3, 0.4) is 0 Å². The second kappa shape index (κ2) is 7.63. The van der Waals surface area contributed by atoms with E-state index >= 15 is 0 Å². The van der Waals surface area contributed by atoms with Crippen LogP contribution in [0.5, 0.6) is 5.75 Å². The Kier molecular flexibility index (Phi) is 6.05. The molecule has 5 heteroatoms. The first kappa shape index (κ1) is 21.4. The number of hydrogen-bond donors (Lipinski definition) is 1. The van der Waals surface area contributed by atoms with Crippen molar-refractivity contribution in [1.82, 2.24) is 9.97 Å². The number of ketones is 1. The molecular weight excluding hydrogens is 356 g/mol. The number of carbonyl (C=O) groups excluding carboxylic acids is 1. The summed E-state index contributed by atoms with van der Waals surface area (Å²) < 4.78 is 0. The highest BCUT2D eigenvalue weighted by atomic mass is 32.2. The van der Waals surface area contributed by atoms with Crippen LogP contribution in [0.2, 0.25) is 0 Å². The molecule has 0 fully saturated rings. The average Bonchev–Trinajstić information content (AvgIpc) is 2.49. The van der Waals surface area contributed by atoms with Crippen LogP contribution < -0.4 is 0 Å². The fraction of sp³-hybridized carbons (Fsp3) is 0.500. The number of aromatic hydroxyl groups is 1. The van der Waals surface area contributed by atoms with E-state index in [1.807, 2.05) is 73.6 Å². The fourth-order valence-electron chi connectivity index (χ4n) is 2.91. The zero-order valence-electron chi connectivity index (χ0n) is 17.6. The zero-order valence-corrected chi connectivity index (χ0v) is 18.4. The van der Waals surface area contributed by atoms with Gasteiger partial charge in [-0.3, -0.25) is 4.79 Å². The molecule has 1 N–H and O–H groups in total. The minimum absolute atomic E-state index is 0.0127. The Morgan fingerprint density at radius 3 is 1.78 bits per heavy atom. The monoisotopic (exact) mass is 386 g/mol. The summed E-state index contributed by atoms with van der Waals surface area (Å²) in [6.07, 6.45) is 0. The van der Waals surface area contributed by atoms with Crippen LogP contribution in [0, 0.1) is 13.8 Å². The van der Waals surface area contributed by atoms with E-state index in [1.165, 1.54) is 11.8 Å². The molecule has 0 aliphatic rings. The number of phenolic OH excluding ortho intramolecular Hbond substituents is 1. The summed E-state index contributed by atoms with van der Waals surface area (Å²) >= 11 is 1.35. The maximum absolute atomic E-state index is 12.9. The number of rotatable bonds is 4. The smallest absolute Gasteiger partial charge is 0.188 e. The van der Waals surface area contributed by atoms with E-state index in [0.717, 1.165) is 22.5 Å². The Bertz CT molecular complexity index is 806. The second-order valence-corrected chi connectivity index (χ2v) is 10.0. The number of hydrogen-bond acceptors (Lipinski definition) is 5. The predicted octanol–water partition coefficient (Wildman–Crippen LogP) is 5.37. The molecular formula is C22H30N2O2S. The van der Waals surface area contributed by atoms with Gasteiger partial charge in [0, 0.05) is 28.1 Å². The number of aryl methyl sites for hydroxylation is 2. The molecule has 0 atom stereocenters. The predicted molar refractivity (Wildman–Crippen MR) is 112 cm³/mol. The van der Waals surface area contributed by atoms with E-state index in [9.17, 15) is 9.90 Å². The number of benzene rings is 1. The van der Waals surface area contributed by atoms with Crippen molar-refractivity contribution < 1.29 is 9.90 Å². The van der Waals surface area contributed by atoms with E-state index in [2.05, 4.69) is 9.97 Å². The molecule has 4 nitrogen and oxygen atoms in total. The molecule has 0 aliphatic heterocycles. The molecule has 1 aromatic carbocycles. The largest absolute Gasteiger partial charge is 0.507 e. The summed E-state index contributed by atoms with van der Waals surface area (Å²) in [5.41, 5.74) is 3.49. The minimum atomic E-state index is -0.260. The molecule has 1 aromatic heterocycles. The van der Waals surface area contributed by atoms with E-state index in [-0.39, 0.29) is 28.1 Å². The lowest BCUT2D eigenvalue weighted by Gasteiger charge is -2.28. The first-order valence-electron chi connectivity index (χ1n) is 9.15. The zero-order chi connectivity index (χ0) is 20.6. The number of Topliss-reactive ketones (excluding diaryl/α,β-unsaturated/α-hetero) is 1. The first-order chi connectivity index (χ1) is 12.3. The molecule has 0 spiro atoms. The van der Waals surface area contributed by atoms with Gasteiger partial charge in [0.1, 0.15) is 5.75 Å². The Morgan fingerprint density at radius 1 is 0.926 bits per heavy atom. The Hall–Kier alpha value is -1.88. The van der Waals surface area contributed by atoms with E-state index in [4.69, 9.17) is 0 Å².